The van der Waals surface area contributed by atoms with Crippen molar-refractivity contribution in [2.24, 2.45) is 0 Å². The standard InChI is InChI=1S/C17H17FN2O2S/c1-11-12-7-9-23-15(12)6-8-20(11)16(21)10-19-17(22)13-4-2-3-5-14(13)18/h2-5,7,9,11H,6,8,10H2,1H3,(H,19,22)/t11-/m0/s1. The molecule has 6 heteroatoms. The Morgan fingerprint density at radius 2 is 2.13 bits per heavy atom. The number of halogens is 1. The summed E-state index contributed by atoms with van der Waals surface area (Å²) in [6.07, 6.45) is 0.838. The predicted molar refractivity (Wildman–Crippen MR) is 86.9 cm³/mol. The normalized spacial score (nSPS) is 16.8. The van der Waals surface area contributed by atoms with Gasteiger partial charge < -0.3 is 10.2 Å². The number of hydrogen-bond donors (Lipinski definition) is 1. The zero-order valence-corrected chi connectivity index (χ0v) is 13.5. The minimum absolute atomic E-state index is 0.00265. The third-order valence-corrected chi connectivity index (χ3v) is 5.11. The van der Waals surface area contributed by atoms with Crippen LogP contribution < -0.4 is 5.32 Å². The number of fused-ring (bicyclic) bond motifs is 1. The van der Waals surface area contributed by atoms with Crippen LogP contribution in [0.3, 0.4) is 0 Å². The van der Waals surface area contributed by atoms with Crippen molar-refractivity contribution in [1.82, 2.24) is 10.2 Å². The Hall–Kier alpha value is -2.21. The highest BCUT2D eigenvalue weighted by Crippen LogP contribution is 2.32. The third kappa shape index (κ3) is 3.12. The Morgan fingerprint density at radius 3 is 2.91 bits per heavy atom. The summed E-state index contributed by atoms with van der Waals surface area (Å²) in [5, 5.41) is 4.54. The van der Waals surface area contributed by atoms with Crippen LogP contribution in [0.1, 0.15) is 33.8 Å². The second-order valence-electron chi connectivity index (χ2n) is 5.47. The van der Waals surface area contributed by atoms with Crippen LogP contribution in [-0.4, -0.2) is 29.8 Å². The number of thiophene rings is 1. The fraction of sp³-hybridized carbons (Fsp3) is 0.294. The minimum Gasteiger partial charge on any atom is -0.343 e. The topological polar surface area (TPSA) is 49.4 Å². The van der Waals surface area contributed by atoms with Crippen molar-refractivity contribution in [3.8, 4) is 0 Å². The number of carbonyl (C=O) groups is 2. The fourth-order valence-corrected chi connectivity index (χ4v) is 3.81. The average Bonchev–Trinajstić information content (AvgIpc) is 3.02. The van der Waals surface area contributed by atoms with Crippen LogP contribution in [0.5, 0.6) is 0 Å². The summed E-state index contributed by atoms with van der Waals surface area (Å²) in [5.74, 6) is -1.32. The van der Waals surface area contributed by atoms with Gasteiger partial charge in [-0.25, -0.2) is 4.39 Å². The van der Waals surface area contributed by atoms with Crippen LogP contribution >= 0.6 is 11.3 Å². The lowest BCUT2D eigenvalue weighted by atomic mass is 10.0. The highest BCUT2D eigenvalue weighted by atomic mass is 32.1. The number of nitrogens with zero attached hydrogens (tertiary/aromatic N) is 1. The molecule has 0 bridgehead atoms. The molecule has 2 heterocycles. The molecule has 0 saturated heterocycles. The van der Waals surface area contributed by atoms with Crippen molar-refractivity contribution in [2.75, 3.05) is 13.1 Å². The van der Waals surface area contributed by atoms with Gasteiger partial charge in [-0.15, -0.1) is 11.3 Å². The molecule has 1 aliphatic rings. The molecule has 1 aromatic heterocycles. The molecule has 0 spiro atoms. The van der Waals surface area contributed by atoms with E-state index in [0.29, 0.717) is 6.54 Å². The van der Waals surface area contributed by atoms with Crippen LogP contribution in [0.4, 0.5) is 4.39 Å². The van der Waals surface area contributed by atoms with Gasteiger partial charge in [-0.2, -0.15) is 0 Å². The lowest BCUT2D eigenvalue weighted by molar-refractivity contribution is -0.132. The molecule has 0 unspecified atom stereocenters. The zero-order chi connectivity index (χ0) is 16.4. The number of carbonyl (C=O) groups excluding carboxylic acids is 2. The van der Waals surface area contributed by atoms with E-state index in [9.17, 15) is 14.0 Å². The molecule has 120 valence electrons. The first-order valence-electron chi connectivity index (χ1n) is 7.46. The summed E-state index contributed by atoms with van der Waals surface area (Å²) < 4.78 is 13.6. The minimum atomic E-state index is -0.591. The quantitative estimate of drug-likeness (QED) is 0.939. The molecule has 1 atom stereocenters. The molecular weight excluding hydrogens is 315 g/mol. The van der Waals surface area contributed by atoms with E-state index in [2.05, 4.69) is 5.32 Å². The van der Waals surface area contributed by atoms with E-state index in [1.807, 2.05) is 18.4 Å². The summed E-state index contributed by atoms with van der Waals surface area (Å²) >= 11 is 1.71. The molecule has 0 aliphatic carbocycles. The Kier molecular flexibility index (Phi) is 4.43. The molecule has 1 aromatic carbocycles. The summed E-state index contributed by atoms with van der Waals surface area (Å²) in [4.78, 5) is 27.4. The first-order valence-corrected chi connectivity index (χ1v) is 8.34. The van der Waals surface area contributed by atoms with Crippen molar-refractivity contribution in [1.29, 1.82) is 0 Å². The average molecular weight is 332 g/mol. The van der Waals surface area contributed by atoms with Crippen molar-refractivity contribution in [2.45, 2.75) is 19.4 Å². The SMILES string of the molecule is C[C@H]1c2ccsc2CCN1C(=O)CNC(=O)c1ccccc1F. The lowest BCUT2D eigenvalue weighted by Gasteiger charge is -2.33. The van der Waals surface area contributed by atoms with E-state index in [-0.39, 0.29) is 24.1 Å². The van der Waals surface area contributed by atoms with Gasteiger partial charge in [-0.3, -0.25) is 9.59 Å². The molecular formula is C17H17FN2O2S. The van der Waals surface area contributed by atoms with E-state index in [4.69, 9.17) is 0 Å². The van der Waals surface area contributed by atoms with Crippen molar-refractivity contribution >= 4 is 23.2 Å². The Balaban J connectivity index is 1.62. The predicted octanol–water partition coefficient (Wildman–Crippen LogP) is 2.76. The van der Waals surface area contributed by atoms with Crippen LogP contribution in [0.15, 0.2) is 35.7 Å². The largest absolute Gasteiger partial charge is 0.343 e. The molecule has 0 radical (unpaired) electrons. The van der Waals surface area contributed by atoms with E-state index in [1.54, 1.807) is 22.3 Å². The second kappa shape index (κ2) is 6.50. The van der Waals surface area contributed by atoms with Gasteiger partial charge in [0.15, 0.2) is 0 Å². The fourth-order valence-electron chi connectivity index (χ4n) is 2.85. The molecule has 0 saturated carbocycles. The second-order valence-corrected chi connectivity index (χ2v) is 6.48. The van der Waals surface area contributed by atoms with Gasteiger partial charge in [0.05, 0.1) is 18.2 Å². The van der Waals surface area contributed by atoms with E-state index in [1.165, 1.54) is 28.6 Å². The number of rotatable bonds is 3. The summed E-state index contributed by atoms with van der Waals surface area (Å²) in [6.45, 7) is 2.50. The first kappa shape index (κ1) is 15.7. The smallest absolute Gasteiger partial charge is 0.254 e. The van der Waals surface area contributed by atoms with Gasteiger partial charge in [0, 0.05) is 11.4 Å². The van der Waals surface area contributed by atoms with Crippen LogP contribution in [-0.2, 0) is 11.2 Å². The number of nitrogens with one attached hydrogen (secondary N) is 1. The third-order valence-electron chi connectivity index (χ3n) is 4.12. The van der Waals surface area contributed by atoms with Crippen molar-refractivity contribution < 1.29 is 14.0 Å². The zero-order valence-electron chi connectivity index (χ0n) is 12.7. The lowest BCUT2D eigenvalue weighted by Crippen LogP contribution is -2.44. The molecule has 23 heavy (non-hydrogen) atoms. The summed E-state index contributed by atoms with van der Waals surface area (Å²) in [7, 11) is 0. The Morgan fingerprint density at radius 1 is 1.35 bits per heavy atom. The van der Waals surface area contributed by atoms with Gasteiger partial charge in [0.25, 0.3) is 5.91 Å². The highest BCUT2D eigenvalue weighted by Gasteiger charge is 2.28. The first-order chi connectivity index (χ1) is 11.1. The Labute approximate surface area is 137 Å². The van der Waals surface area contributed by atoms with Crippen molar-refractivity contribution in [3.05, 3.63) is 57.5 Å². The number of benzene rings is 1. The van der Waals surface area contributed by atoms with E-state index in [0.717, 1.165) is 6.42 Å². The summed E-state index contributed by atoms with van der Waals surface area (Å²) in [5.41, 5.74) is 1.13. The maximum atomic E-state index is 13.6. The van der Waals surface area contributed by atoms with Gasteiger partial charge in [-0.05, 0) is 42.5 Å². The maximum absolute atomic E-state index is 13.6. The van der Waals surface area contributed by atoms with Gasteiger partial charge in [-0.1, -0.05) is 12.1 Å². The summed E-state index contributed by atoms with van der Waals surface area (Å²) in [6, 6.07) is 7.78. The highest BCUT2D eigenvalue weighted by molar-refractivity contribution is 7.10. The van der Waals surface area contributed by atoms with Crippen LogP contribution in [0.2, 0.25) is 0 Å². The van der Waals surface area contributed by atoms with Crippen molar-refractivity contribution in [3.63, 3.8) is 0 Å². The molecule has 4 nitrogen and oxygen atoms in total. The van der Waals surface area contributed by atoms with Gasteiger partial charge in [0.1, 0.15) is 5.82 Å². The van der Waals surface area contributed by atoms with E-state index < -0.39 is 11.7 Å². The number of hydrogen-bond acceptors (Lipinski definition) is 3. The van der Waals surface area contributed by atoms with Gasteiger partial charge >= 0.3 is 0 Å². The van der Waals surface area contributed by atoms with Crippen LogP contribution in [0.25, 0.3) is 0 Å². The van der Waals surface area contributed by atoms with E-state index >= 15 is 0 Å². The monoisotopic (exact) mass is 332 g/mol. The van der Waals surface area contributed by atoms with Crippen LogP contribution in [0, 0.1) is 5.82 Å². The molecule has 2 amide bonds. The Bertz CT molecular complexity index is 744. The van der Waals surface area contributed by atoms with Gasteiger partial charge in [0.2, 0.25) is 5.91 Å². The maximum Gasteiger partial charge on any atom is 0.254 e. The number of amides is 2. The molecule has 1 aliphatic heterocycles. The molecule has 1 N–H and O–H groups in total. The molecule has 3 rings (SSSR count). The molecule has 2 aromatic rings. The molecule has 0 fully saturated rings.